The second-order valence-corrected chi connectivity index (χ2v) is 11.0. The first-order chi connectivity index (χ1) is 15.3. The summed E-state index contributed by atoms with van der Waals surface area (Å²) in [7, 11) is 1.86. The first kappa shape index (κ1) is 25.1. The van der Waals surface area contributed by atoms with E-state index in [1.165, 1.54) is 64.5 Å². The van der Waals surface area contributed by atoms with Gasteiger partial charge in [-0.3, -0.25) is 4.99 Å². The van der Waals surface area contributed by atoms with Crippen molar-refractivity contribution < 1.29 is 9.53 Å². The zero-order valence-electron chi connectivity index (χ0n) is 21.0. The molecule has 0 aromatic carbocycles. The van der Waals surface area contributed by atoms with Gasteiger partial charge in [-0.15, -0.1) is 0 Å². The summed E-state index contributed by atoms with van der Waals surface area (Å²) in [6, 6.07) is 1.34. The highest BCUT2D eigenvalue weighted by molar-refractivity contribution is 5.79. The van der Waals surface area contributed by atoms with E-state index in [0.717, 1.165) is 44.5 Å². The average Bonchev–Trinajstić information content (AvgIpc) is 2.78. The Bertz CT molecular complexity index is 604. The van der Waals surface area contributed by atoms with Gasteiger partial charge in [0.05, 0.1) is 0 Å². The van der Waals surface area contributed by atoms with Crippen LogP contribution in [0.1, 0.15) is 85.0 Å². The summed E-state index contributed by atoms with van der Waals surface area (Å²) < 4.78 is 5.56. The molecule has 0 aromatic heterocycles. The van der Waals surface area contributed by atoms with Gasteiger partial charge < -0.3 is 25.2 Å². The molecule has 0 bridgehead atoms. The molecular weight excluding hydrogens is 402 g/mol. The van der Waals surface area contributed by atoms with Crippen LogP contribution in [0.25, 0.3) is 0 Å². The molecule has 1 amide bonds. The van der Waals surface area contributed by atoms with Gasteiger partial charge in [0.25, 0.3) is 0 Å². The van der Waals surface area contributed by atoms with Crippen LogP contribution in [0.5, 0.6) is 0 Å². The molecule has 0 aromatic rings. The van der Waals surface area contributed by atoms with Crippen LogP contribution in [0.15, 0.2) is 4.99 Å². The fraction of sp³-hybridized carbons (Fsp3) is 0.920. The largest absolute Gasteiger partial charge is 0.444 e. The van der Waals surface area contributed by atoms with Crippen molar-refractivity contribution in [1.29, 1.82) is 0 Å². The summed E-state index contributed by atoms with van der Waals surface area (Å²) in [5.74, 6) is 1.43. The minimum atomic E-state index is -0.434. The lowest BCUT2D eigenvalue weighted by Gasteiger charge is -2.39. The lowest BCUT2D eigenvalue weighted by Crippen LogP contribution is -2.51. The monoisotopic (exact) mass is 449 g/mol. The smallest absolute Gasteiger partial charge is 0.410 e. The molecule has 32 heavy (non-hydrogen) atoms. The van der Waals surface area contributed by atoms with Crippen molar-refractivity contribution in [1.82, 2.24) is 20.4 Å². The van der Waals surface area contributed by atoms with Gasteiger partial charge in [-0.25, -0.2) is 4.79 Å². The summed E-state index contributed by atoms with van der Waals surface area (Å²) in [6.45, 7) is 10.7. The minimum Gasteiger partial charge on any atom is -0.444 e. The number of hydrogen-bond donors (Lipinski definition) is 2. The summed E-state index contributed by atoms with van der Waals surface area (Å²) in [5, 5.41) is 7.16. The van der Waals surface area contributed by atoms with Crippen LogP contribution in [0, 0.1) is 5.92 Å². The van der Waals surface area contributed by atoms with E-state index in [4.69, 9.17) is 4.74 Å². The third-order valence-corrected chi connectivity index (χ3v) is 7.20. The van der Waals surface area contributed by atoms with Crippen molar-refractivity contribution >= 4 is 12.1 Å². The molecular formula is C25H47N5O2. The Morgan fingerprint density at radius 1 is 1.00 bits per heavy atom. The van der Waals surface area contributed by atoms with Gasteiger partial charge in [0.15, 0.2) is 5.96 Å². The number of hydrogen-bond acceptors (Lipinski definition) is 4. The Kier molecular flexibility index (Phi) is 9.50. The predicted octanol–water partition coefficient (Wildman–Crippen LogP) is 3.99. The van der Waals surface area contributed by atoms with Crippen LogP contribution in [0.4, 0.5) is 4.79 Å². The number of aliphatic imine (C=N–C) groups is 1. The molecule has 0 radical (unpaired) electrons. The Morgan fingerprint density at radius 2 is 1.72 bits per heavy atom. The highest BCUT2D eigenvalue weighted by Crippen LogP contribution is 2.25. The Hall–Kier alpha value is -1.50. The maximum Gasteiger partial charge on any atom is 0.410 e. The molecule has 3 rings (SSSR count). The standard InChI is InChI=1S/C25H47N5O2/c1-25(2,3)32-24(31)30-16-8-9-20(19-30)12-15-27-23(26-4)28-21-13-17-29(18-14-21)22-10-6-5-7-11-22/h20-22H,5-19H2,1-4H3,(H2,26,27,28). The van der Waals surface area contributed by atoms with Crippen LogP contribution < -0.4 is 10.6 Å². The number of amides is 1. The molecule has 3 aliphatic rings. The maximum absolute atomic E-state index is 12.4. The Balaban J connectivity index is 1.34. The van der Waals surface area contributed by atoms with Crippen molar-refractivity contribution in [3.05, 3.63) is 0 Å². The number of ether oxygens (including phenoxy) is 1. The SMILES string of the molecule is CN=C(NCCC1CCCN(C(=O)OC(C)(C)C)C1)NC1CCN(C2CCCCC2)CC1. The van der Waals surface area contributed by atoms with Crippen LogP contribution >= 0.6 is 0 Å². The van der Waals surface area contributed by atoms with Crippen LogP contribution in [0.3, 0.4) is 0 Å². The van der Waals surface area contributed by atoms with Gasteiger partial charge in [-0.1, -0.05) is 19.3 Å². The van der Waals surface area contributed by atoms with Crippen molar-refractivity contribution in [2.24, 2.45) is 10.9 Å². The van der Waals surface area contributed by atoms with Gasteiger partial charge in [-0.05, 0) is 71.6 Å². The molecule has 2 saturated heterocycles. The molecule has 3 fully saturated rings. The first-order valence-corrected chi connectivity index (χ1v) is 13.0. The highest BCUT2D eigenvalue weighted by atomic mass is 16.6. The van der Waals surface area contributed by atoms with E-state index >= 15 is 0 Å². The number of nitrogens with zero attached hydrogens (tertiary/aromatic N) is 3. The fourth-order valence-corrected chi connectivity index (χ4v) is 5.43. The molecule has 1 atom stereocenters. The quantitative estimate of drug-likeness (QED) is 0.491. The van der Waals surface area contributed by atoms with E-state index in [-0.39, 0.29) is 6.09 Å². The summed E-state index contributed by atoms with van der Waals surface area (Å²) in [5.41, 5.74) is -0.434. The molecule has 2 aliphatic heterocycles. The van der Waals surface area contributed by atoms with Gasteiger partial charge in [-0.2, -0.15) is 0 Å². The molecule has 184 valence electrons. The van der Waals surface area contributed by atoms with Crippen LogP contribution in [-0.4, -0.2) is 79.3 Å². The van der Waals surface area contributed by atoms with Crippen molar-refractivity contribution in [2.75, 3.05) is 39.8 Å². The molecule has 0 spiro atoms. The van der Waals surface area contributed by atoms with E-state index in [1.54, 1.807) is 0 Å². The zero-order chi connectivity index (χ0) is 23.0. The second-order valence-electron chi connectivity index (χ2n) is 11.0. The fourth-order valence-electron chi connectivity index (χ4n) is 5.43. The number of carbonyl (C=O) groups is 1. The summed E-state index contributed by atoms with van der Waals surface area (Å²) >= 11 is 0. The minimum absolute atomic E-state index is 0.174. The third-order valence-electron chi connectivity index (χ3n) is 7.20. The molecule has 7 heteroatoms. The maximum atomic E-state index is 12.4. The normalized spacial score (nSPS) is 24.9. The number of piperidine rings is 2. The van der Waals surface area contributed by atoms with Gasteiger partial charge in [0.1, 0.15) is 5.60 Å². The first-order valence-electron chi connectivity index (χ1n) is 13.0. The number of guanidine groups is 1. The second kappa shape index (κ2) is 12.1. The molecule has 2 heterocycles. The molecule has 1 unspecified atom stereocenters. The highest BCUT2D eigenvalue weighted by Gasteiger charge is 2.28. The summed E-state index contributed by atoms with van der Waals surface area (Å²) in [6.07, 6.45) is 12.5. The predicted molar refractivity (Wildman–Crippen MR) is 131 cm³/mol. The lowest BCUT2D eigenvalue weighted by atomic mass is 9.92. The van der Waals surface area contributed by atoms with E-state index < -0.39 is 5.60 Å². The number of likely N-dealkylation sites (tertiary alicyclic amines) is 2. The van der Waals surface area contributed by atoms with Crippen molar-refractivity contribution in [3.8, 4) is 0 Å². The number of nitrogens with one attached hydrogen (secondary N) is 2. The topological polar surface area (TPSA) is 69.2 Å². The third kappa shape index (κ3) is 8.13. The Labute approximate surface area is 195 Å². The van der Waals surface area contributed by atoms with Crippen molar-refractivity contribution in [3.63, 3.8) is 0 Å². The van der Waals surface area contributed by atoms with E-state index in [9.17, 15) is 4.79 Å². The van der Waals surface area contributed by atoms with Gasteiger partial charge in [0.2, 0.25) is 0 Å². The average molecular weight is 450 g/mol. The van der Waals surface area contributed by atoms with Gasteiger partial charge in [0, 0.05) is 51.9 Å². The number of carbonyl (C=O) groups excluding carboxylic acids is 1. The van der Waals surface area contributed by atoms with Crippen LogP contribution in [-0.2, 0) is 4.74 Å². The van der Waals surface area contributed by atoms with Crippen LogP contribution in [0.2, 0.25) is 0 Å². The summed E-state index contributed by atoms with van der Waals surface area (Å²) in [4.78, 5) is 21.5. The molecule has 1 aliphatic carbocycles. The number of rotatable bonds is 5. The van der Waals surface area contributed by atoms with E-state index in [0.29, 0.717) is 12.0 Å². The van der Waals surface area contributed by atoms with E-state index in [1.807, 2.05) is 32.7 Å². The Morgan fingerprint density at radius 3 is 2.38 bits per heavy atom. The molecule has 2 N–H and O–H groups in total. The van der Waals surface area contributed by atoms with Gasteiger partial charge >= 0.3 is 6.09 Å². The van der Waals surface area contributed by atoms with Crippen molar-refractivity contribution in [2.45, 2.75) is 103 Å². The zero-order valence-corrected chi connectivity index (χ0v) is 21.0. The van der Waals surface area contributed by atoms with E-state index in [2.05, 4.69) is 20.5 Å². The molecule has 1 saturated carbocycles. The lowest BCUT2D eigenvalue weighted by molar-refractivity contribution is 0.0162. The molecule has 7 nitrogen and oxygen atoms in total.